The topological polar surface area (TPSA) is 57.5 Å². The average Bonchev–Trinajstić information content (AvgIpc) is 1.82. The number of hydrogen-bond acceptors (Lipinski definition) is 2. The molecule has 58 valence electrons. The Morgan fingerprint density at radius 3 is 2.70 bits per heavy atom. The molecule has 0 aliphatic carbocycles. The van der Waals surface area contributed by atoms with Crippen LogP contribution in [0.4, 0.5) is 0 Å². The van der Waals surface area contributed by atoms with Gasteiger partial charge in [0.2, 0.25) is 0 Å². The highest BCUT2D eigenvalue weighted by Crippen LogP contribution is 2.01. The highest BCUT2D eigenvalue weighted by atomic mass is 16.4. The summed E-state index contributed by atoms with van der Waals surface area (Å²) in [5.41, 5.74) is 0. The van der Waals surface area contributed by atoms with Crippen LogP contribution in [0.3, 0.4) is 0 Å². The molecule has 0 radical (unpaired) electrons. The second-order valence-electron chi connectivity index (χ2n) is 2.12. The fraction of sp³-hybridized carbons (Fsp3) is 0.571. The van der Waals surface area contributed by atoms with Gasteiger partial charge in [0.15, 0.2) is 0 Å². The van der Waals surface area contributed by atoms with Crippen molar-refractivity contribution < 1.29 is 15.0 Å². The van der Waals surface area contributed by atoms with Crippen LogP contribution in [0.15, 0.2) is 12.7 Å². The van der Waals surface area contributed by atoms with Gasteiger partial charge in [-0.1, -0.05) is 6.08 Å². The van der Waals surface area contributed by atoms with Gasteiger partial charge in [-0.2, -0.15) is 0 Å². The van der Waals surface area contributed by atoms with E-state index >= 15 is 0 Å². The predicted octanol–water partition coefficient (Wildman–Crippen LogP) is 0.788. The summed E-state index contributed by atoms with van der Waals surface area (Å²) in [6.45, 7) is 3.45. The molecule has 0 heterocycles. The second-order valence-corrected chi connectivity index (χ2v) is 2.12. The normalized spacial score (nSPS) is 12.5. The first kappa shape index (κ1) is 9.17. The van der Waals surface area contributed by atoms with Crippen LogP contribution in [0.2, 0.25) is 0 Å². The summed E-state index contributed by atoms with van der Waals surface area (Å²) in [7, 11) is 0. The molecule has 0 fully saturated rings. The van der Waals surface area contributed by atoms with Crippen LogP contribution < -0.4 is 0 Å². The van der Waals surface area contributed by atoms with Gasteiger partial charge in [-0.05, 0) is 12.8 Å². The minimum absolute atomic E-state index is 0.173. The van der Waals surface area contributed by atoms with E-state index in [2.05, 4.69) is 6.58 Å². The molecule has 0 aliphatic heterocycles. The average molecular weight is 144 g/mol. The highest BCUT2D eigenvalue weighted by Gasteiger charge is 2.06. The zero-order chi connectivity index (χ0) is 7.98. The first-order valence-corrected chi connectivity index (χ1v) is 3.17. The molecule has 1 unspecified atom stereocenters. The third-order valence-electron chi connectivity index (χ3n) is 1.11. The molecule has 2 N–H and O–H groups in total. The molecule has 0 spiro atoms. The van der Waals surface area contributed by atoms with Crippen molar-refractivity contribution in [3.63, 3.8) is 0 Å². The van der Waals surface area contributed by atoms with Gasteiger partial charge in [-0.25, -0.2) is 0 Å². The fourth-order valence-electron chi connectivity index (χ4n) is 0.614. The third kappa shape index (κ3) is 5.31. The van der Waals surface area contributed by atoms with Gasteiger partial charge in [0.25, 0.3) is 0 Å². The van der Waals surface area contributed by atoms with Gasteiger partial charge in [-0.15, -0.1) is 6.58 Å². The molecule has 1 atom stereocenters. The van der Waals surface area contributed by atoms with E-state index in [4.69, 9.17) is 10.2 Å². The zero-order valence-corrected chi connectivity index (χ0v) is 5.79. The van der Waals surface area contributed by atoms with Crippen molar-refractivity contribution in [1.82, 2.24) is 0 Å². The summed E-state index contributed by atoms with van der Waals surface area (Å²) in [5, 5.41) is 17.1. The first-order valence-electron chi connectivity index (χ1n) is 3.17. The maximum atomic E-state index is 9.99. The van der Waals surface area contributed by atoms with Crippen LogP contribution in [-0.4, -0.2) is 22.3 Å². The minimum Gasteiger partial charge on any atom is -0.481 e. The number of rotatable bonds is 5. The van der Waals surface area contributed by atoms with Crippen LogP contribution >= 0.6 is 0 Å². The molecule has 10 heavy (non-hydrogen) atoms. The third-order valence-corrected chi connectivity index (χ3v) is 1.11. The van der Waals surface area contributed by atoms with Gasteiger partial charge in [-0.3, -0.25) is 4.79 Å². The summed E-state index contributed by atoms with van der Waals surface area (Å²) >= 11 is 0. The SMILES string of the molecule is C=CCCC(O)CC(=O)O. The van der Waals surface area contributed by atoms with Crippen molar-refractivity contribution in [2.45, 2.75) is 25.4 Å². The molecule has 0 saturated carbocycles. The first-order chi connectivity index (χ1) is 4.66. The number of aliphatic hydroxyl groups is 1. The lowest BCUT2D eigenvalue weighted by molar-refractivity contribution is -0.139. The lowest BCUT2D eigenvalue weighted by Crippen LogP contribution is -2.11. The van der Waals surface area contributed by atoms with Gasteiger partial charge in [0, 0.05) is 0 Å². The Morgan fingerprint density at radius 1 is 1.70 bits per heavy atom. The van der Waals surface area contributed by atoms with Crippen LogP contribution in [0.5, 0.6) is 0 Å². The van der Waals surface area contributed by atoms with E-state index in [9.17, 15) is 4.79 Å². The standard InChI is InChI=1S/C7H12O3/c1-2-3-4-6(8)5-7(9)10/h2,6,8H,1,3-5H2,(H,9,10). The predicted molar refractivity (Wildman–Crippen MR) is 37.7 cm³/mol. The molecule has 0 rings (SSSR count). The van der Waals surface area contributed by atoms with Crippen molar-refractivity contribution in [1.29, 1.82) is 0 Å². The number of carbonyl (C=O) groups is 1. The monoisotopic (exact) mass is 144 g/mol. The Balaban J connectivity index is 3.33. The lowest BCUT2D eigenvalue weighted by atomic mass is 10.1. The van der Waals surface area contributed by atoms with E-state index in [1.54, 1.807) is 6.08 Å². The van der Waals surface area contributed by atoms with Crippen molar-refractivity contribution >= 4 is 5.97 Å². The number of aliphatic carboxylic acids is 1. The summed E-state index contributed by atoms with van der Waals surface area (Å²) in [5.74, 6) is -0.962. The molecule has 0 aliphatic rings. The molecular formula is C7H12O3. The maximum absolute atomic E-state index is 9.99. The van der Waals surface area contributed by atoms with Crippen LogP contribution in [0.1, 0.15) is 19.3 Å². The highest BCUT2D eigenvalue weighted by molar-refractivity contribution is 5.67. The quantitative estimate of drug-likeness (QED) is 0.561. The van der Waals surface area contributed by atoms with Crippen LogP contribution in [0.25, 0.3) is 0 Å². The largest absolute Gasteiger partial charge is 0.481 e. The number of aliphatic hydroxyl groups excluding tert-OH is 1. The van der Waals surface area contributed by atoms with E-state index in [0.717, 1.165) is 0 Å². The maximum Gasteiger partial charge on any atom is 0.305 e. The van der Waals surface area contributed by atoms with E-state index in [1.165, 1.54) is 0 Å². The minimum atomic E-state index is -0.962. The molecule has 0 aromatic carbocycles. The number of carboxylic acids is 1. The van der Waals surface area contributed by atoms with E-state index < -0.39 is 12.1 Å². The van der Waals surface area contributed by atoms with Crippen LogP contribution in [0, 0.1) is 0 Å². The van der Waals surface area contributed by atoms with Gasteiger partial charge in [0.05, 0.1) is 12.5 Å². The molecule has 0 aromatic heterocycles. The van der Waals surface area contributed by atoms with Gasteiger partial charge in [0.1, 0.15) is 0 Å². The number of allylic oxidation sites excluding steroid dienone is 1. The van der Waals surface area contributed by atoms with E-state index in [1.807, 2.05) is 0 Å². The lowest BCUT2D eigenvalue weighted by Gasteiger charge is -2.03. The van der Waals surface area contributed by atoms with Gasteiger partial charge >= 0.3 is 5.97 Å². The Labute approximate surface area is 60.0 Å². The van der Waals surface area contributed by atoms with Gasteiger partial charge < -0.3 is 10.2 Å². The molecule has 0 aromatic rings. The molecule has 0 bridgehead atoms. The molecule has 0 amide bonds. The van der Waals surface area contributed by atoms with Crippen molar-refractivity contribution in [3.8, 4) is 0 Å². The Hall–Kier alpha value is -0.830. The summed E-state index contributed by atoms with van der Waals surface area (Å²) < 4.78 is 0. The Kier molecular flexibility index (Phi) is 4.58. The Morgan fingerprint density at radius 2 is 2.30 bits per heavy atom. The van der Waals surface area contributed by atoms with Crippen molar-refractivity contribution in [2.75, 3.05) is 0 Å². The smallest absolute Gasteiger partial charge is 0.305 e. The summed E-state index contributed by atoms with van der Waals surface area (Å²) in [6, 6.07) is 0. The number of hydrogen-bond donors (Lipinski definition) is 2. The molecule has 3 heteroatoms. The molecule has 0 saturated heterocycles. The van der Waals surface area contributed by atoms with Crippen molar-refractivity contribution in [2.24, 2.45) is 0 Å². The molecule has 3 nitrogen and oxygen atoms in total. The second kappa shape index (κ2) is 4.99. The fourth-order valence-corrected chi connectivity index (χ4v) is 0.614. The summed E-state index contributed by atoms with van der Waals surface area (Å²) in [4.78, 5) is 9.99. The van der Waals surface area contributed by atoms with Crippen molar-refractivity contribution in [3.05, 3.63) is 12.7 Å². The van der Waals surface area contributed by atoms with Crippen LogP contribution in [-0.2, 0) is 4.79 Å². The number of carboxylic acid groups (broad SMARTS) is 1. The van der Waals surface area contributed by atoms with E-state index in [0.29, 0.717) is 12.8 Å². The molecular weight excluding hydrogens is 132 g/mol. The zero-order valence-electron chi connectivity index (χ0n) is 5.79. The Bertz CT molecular complexity index is 120. The summed E-state index contributed by atoms with van der Waals surface area (Å²) in [6.07, 6.45) is 1.90. The van der Waals surface area contributed by atoms with E-state index in [-0.39, 0.29) is 6.42 Å².